The smallest absolute Gasteiger partial charge is 0.273 e. The Balaban J connectivity index is 1.40. The third-order valence-corrected chi connectivity index (χ3v) is 6.05. The largest absolute Gasteiger partial charge is 0.447 e. The molecule has 1 fully saturated rings. The molecule has 3 aromatic rings. The molecule has 2 heterocycles. The summed E-state index contributed by atoms with van der Waals surface area (Å²) in [6.07, 6.45) is 7.12. The van der Waals surface area contributed by atoms with Crippen LogP contribution in [0, 0.1) is 13.8 Å². The van der Waals surface area contributed by atoms with E-state index in [1.165, 1.54) is 42.9 Å². The van der Waals surface area contributed by atoms with Crippen LogP contribution < -0.4 is 5.32 Å². The molecule has 7 nitrogen and oxygen atoms in total. The first-order valence-electron chi connectivity index (χ1n) is 9.97. The van der Waals surface area contributed by atoms with E-state index in [-0.39, 0.29) is 11.9 Å². The van der Waals surface area contributed by atoms with Crippen molar-refractivity contribution in [3.63, 3.8) is 0 Å². The van der Waals surface area contributed by atoms with Crippen molar-refractivity contribution in [3.8, 4) is 5.69 Å². The topological polar surface area (TPSA) is 85.8 Å². The van der Waals surface area contributed by atoms with Gasteiger partial charge in [-0.15, -0.1) is 10.2 Å². The highest BCUT2D eigenvalue weighted by Gasteiger charge is 2.20. The maximum atomic E-state index is 12.4. The summed E-state index contributed by atoms with van der Waals surface area (Å²) in [7, 11) is 0. The maximum Gasteiger partial charge on any atom is 0.273 e. The molecule has 1 saturated carbocycles. The zero-order valence-electron chi connectivity index (χ0n) is 16.7. The number of thioether (sulfide) groups is 1. The third-order valence-electron chi connectivity index (χ3n) is 5.14. The highest BCUT2D eigenvalue weighted by molar-refractivity contribution is 7.98. The Labute approximate surface area is 174 Å². The number of carbonyl (C=O) groups is 1. The van der Waals surface area contributed by atoms with Crippen LogP contribution in [0.1, 0.15) is 59.9 Å². The van der Waals surface area contributed by atoms with Crippen molar-refractivity contribution in [3.05, 3.63) is 53.5 Å². The van der Waals surface area contributed by atoms with E-state index in [2.05, 4.69) is 51.7 Å². The van der Waals surface area contributed by atoms with E-state index in [1.54, 1.807) is 0 Å². The van der Waals surface area contributed by atoms with Gasteiger partial charge in [-0.05, 0) is 38.8 Å². The number of aromatic nitrogens is 4. The molecule has 0 saturated heterocycles. The molecule has 1 aliphatic rings. The van der Waals surface area contributed by atoms with E-state index in [0.29, 0.717) is 17.3 Å². The molecule has 8 heteroatoms. The van der Waals surface area contributed by atoms with Crippen molar-refractivity contribution in [2.24, 2.45) is 0 Å². The van der Waals surface area contributed by atoms with Gasteiger partial charge in [0.25, 0.3) is 5.91 Å². The standard InChI is InChI=1S/C21H25N5O2S/c1-14-8-10-17(11-9-14)26-15(2)24-25-21(26)29-13-19-23-18(12-28-19)20(27)22-16-6-4-3-5-7-16/h8-12,16H,3-7,13H2,1-2H3,(H,22,27). The normalized spacial score (nSPS) is 14.8. The van der Waals surface area contributed by atoms with Crippen LogP contribution in [0.5, 0.6) is 0 Å². The Morgan fingerprint density at radius 2 is 1.93 bits per heavy atom. The molecule has 152 valence electrons. The fourth-order valence-electron chi connectivity index (χ4n) is 3.54. The number of benzene rings is 1. The van der Waals surface area contributed by atoms with Gasteiger partial charge in [0.15, 0.2) is 10.9 Å². The predicted octanol–water partition coefficient (Wildman–Crippen LogP) is 4.23. The lowest BCUT2D eigenvalue weighted by molar-refractivity contribution is 0.0922. The number of rotatable bonds is 6. The first-order valence-corrected chi connectivity index (χ1v) is 11.0. The molecule has 1 aromatic carbocycles. The van der Waals surface area contributed by atoms with E-state index in [1.807, 2.05) is 11.5 Å². The van der Waals surface area contributed by atoms with Crippen molar-refractivity contribution in [1.82, 2.24) is 25.1 Å². The Morgan fingerprint density at radius 1 is 1.17 bits per heavy atom. The van der Waals surface area contributed by atoms with Crippen LogP contribution in [-0.4, -0.2) is 31.7 Å². The lowest BCUT2D eigenvalue weighted by Gasteiger charge is -2.22. The second-order valence-electron chi connectivity index (χ2n) is 7.42. The van der Waals surface area contributed by atoms with E-state index in [9.17, 15) is 4.79 Å². The van der Waals surface area contributed by atoms with Gasteiger partial charge in [0.2, 0.25) is 5.89 Å². The summed E-state index contributed by atoms with van der Waals surface area (Å²) in [6.45, 7) is 3.98. The fraction of sp³-hybridized carbons (Fsp3) is 0.429. The van der Waals surface area contributed by atoms with Gasteiger partial charge in [0.05, 0.1) is 5.75 Å². The van der Waals surface area contributed by atoms with Crippen LogP contribution in [-0.2, 0) is 5.75 Å². The highest BCUT2D eigenvalue weighted by atomic mass is 32.2. The summed E-state index contributed by atoms with van der Waals surface area (Å²) in [5, 5.41) is 12.3. The molecule has 0 aliphatic heterocycles. The maximum absolute atomic E-state index is 12.4. The number of aryl methyl sites for hydroxylation is 2. The average Bonchev–Trinajstić information content (AvgIpc) is 3.35. The van der Waals surface area contributed by atoms with Crippen LogP contribution >= 0.6 is 11.8 Å². The van der Waals surface area contributed by atoms with E-state index in [4.69, 9.17) is 4.42 Å². The Kier molecular flexibility index (Phi) is 5.99. The Bertz CT molecular complexity index is 973. The zero-order valence-corrected chi connectivity index (χ0v) is 17.5. The van der Waals surface area contributed by atoms with E-state index in [0.717, 1.165) is 29.5 Å². The fourth-order valence-corrected chi connectivity index (χ4v) is 4.39. The number of hydrogen-bond donors (Lipinski definition) is 1. The van der Waals surface area contributed by atoms with Gasteiger partial charge in [-0.1, -0.05) is 48.7 Å². The quantitative estimate of drug-likeness (QED) is 0.611. The van der Waals surface area contributed by atoms with Crippen molar-refractivity contribution >= 4 is 17.7 Å². The van der Waals surface area contributed by atoms with E-state index >= 15 is 0 Å². The molecule has 1 amide bonds. The average molecular weight is 412 g/mol. The van der Waals surface area contributed by atoms with Crippen molar-refractivity contribution in [2.75, 3.05) is 0 Å². The molecule has 0 bridgehead atoms. The summed E-state index contributed by atoms with van der Waals surface area (Å²) in [4.78, 5) is 16.8. The van der Waals surface area contributed by atoms with Gasteiger partial charge in [-0.25, -0.2) is 4.98 Å². The van der Waals surface area contributed by atoms with E-state index < -0.39 is 0 Å². The molecule has 0 spiro atoms. The molecule has 0 unspecified atom stereocenters. The van der Waals surface area contributed by atoms with Gasteiger partial charge in [-0.3, -0.25) is 9.36 Å². The lowest BCUT2D eigenvalue weighted by Crippen LogP contribution is -2.36. The third kappa shape index (κ3) is 4.70. The monoisotopic (exact) mass is 411 g/mol. The first-order chi connectivity index (χ1) is 14.1. The number of oxazole rings is 1. The zero-order chi connectivity index (χ0) is 20.2. The highest BCUT2D eigenvalue weighted by Crippen LogP contribution is 2.25. The molecule has 1 aliphatic carbocycles. The van der Waals surface area contributed by atoms with Crippen LogP contribution in [0.15, 0.2) is 40.1 Å². The molecule has 4 rings (SSSR count). The van der Waals surface area contributed by atoms with Crippen molar-refractivity contribution in [2.45, 2.75) is 62.9 Å². The molecule has 2 aromatic heterocycles. The minimum absolute atomic E-state index is 0.157. The number of carbonyl (C=O) groups excluding carboxylic acids is 1. The van der Waals surface area contributed by atoms with Crippen molar-refractivity contribution in [1.29, 1.82) is 0 Å². The SMILES string of the molecule is Cc1ccc(-n2c(C)nnc2SCc2nc(C(=O)NC3CCCCC3)co2)cc1. The minimum Gasteiger partial charge on any atom is -0.447 e. The van der Waals surface area contributed by atoms with Crippen molar-refractivity contribution < 1.29 is 9.21 Å². The van der Waals surface area contributed by atoms with Crippen LogP contribution in [0.3, 0.4) is 0 Å². The van der Waals surface area contributed by atoms with Gasteiger partial charge in [0, 0.05) is 11.7 Å². The summed E-state index contributed by atoms with van der Waals surface area (Å²) in [6, 6.07) is 8.48. The van der Waals surface area contributed by atoms with Gasteiger partial charge in [0.1, 0.15) is 12.1 Å². The summed E-state index contributed by atoms with van der Waals surface area (Å²) < 4.78 is 7.52. The van der Waals surface area contributed by atoms with Crippen LogP contribution in [0.4, 0.5) is 0 Å². The van der Waals surface area contributed by atoms with Gasteiger partial charge in [-0.2, -0.15) is 0 Å². The predicted molar refractivity (Wildman–Crippen MR) is 111 cm³/mol. The lowest BCUT2D eigenvalue weighted by atomic mass is 9.95. The molecular formula is C21H25N5O2S. The van der Waals surface area contributed by atoms with Crippen LogP contribution in [0.25, 0.3) is 5.69 Å². The summed E-state index contributed by atoms with van der Waals surface area (Å²) in [5.74, 6) is 1.63. The number of nitrogens with one attached hydrogen (secondary N) is 1. The Hall–Kier alpha value is -2.61. The summed E-state index contributed by atoms with van der Waals surface area (Å²) in [5.41, 5.74) is 2.55. The molecule has 0 atom stereocenters. The number of amides is 1. The second-order valence-corrected chi connectivity index (χ2v) is 8.37. The molecular weight excluding hydrogens is 386 g/mol. The first kappa shape index (κ1) is 19.7. The Morgan fingerprint density at radius 3 is 2.69 bits per heavy atom. The minimum atomic E-state index is -0.157. The van der Waals surface area contributed by atoms with Crippen LogP contribution in [0.2, 0.25) is 0 Å². The van der Waals surface area contributed by atoms with Gasteiger partial charge >= 0.3 is 0 Å². The second kappa shape index (κ2) is 8.82. The molecule has 0 radical (unpaired) electrons. The number of nitrogens with zero attached hydrogens (tertiary/aromatic N) is 4. The summed E-state index contributed by atoms with van der Waals surface area (Å²) >= 11 is 1.48. The number of hydrogen-bond acceptors (Lipinski definition) is 6. The molecule has 1 N–H and O–H groups in total. The molecule has 29 heavy (non-hydrogen) atoms. The van der Waals surface area contributed by atoms with Gasteiger partial charge < -0.3 is 9.73 Å².